The summed E-state index contributed by atoms with van der Waals surface area (Å²) in [4.78, 5) is 16.3. The zero-order valence-electron chi connectivity index (χ0n) is 13.7. The minimum Gasteiger partial charge on any atom is -0.375 e. The van der Waals surface area contributed by atoms with Crippen LogP contribution in [0.5, 0.6) is 0 Å². The predicted octanol–water partition coefficient (Wildman–Crippen LogP) is 1.09. The van der Waals surface area contributed by atoms with Gasteiger partial charge in [-0.05, 0) is 17.7 Å². The van der Waals surface area contributed by atoms with Gasteiger partial charge < -0.3 is 15.0 Å². The molecule has 1 aliphatic heterocycles. The molecule has 2 rings (SSSR count). The van der Waals surface area contributed by atoms with Crippen molar-refractivity contribution < 1.29 is 9.53 Å². The zero-order chi connectivity index (χ0) is 15.8. The number of benzene rings is 1. The number of hydrogen-bond acceptors (Lipinski definition) is 4. The minimum absolute atomic E-state index is 0.0830. The summed E-state index contributed by atoms with van der Waals surface area (Å²) < 4.78 is 4.79. The van der Waals surface area contributed by atoms with Gasteiger partial charge in [0.2, 0.25) is 5.91 Å². The van der Waals surface area contributed by atoms with Crippen molar-refractivity contribution in [2.45, 2.75) is 20.0 Å². The maximum absolute atomic E-state index is 11.4. The van der Waals surface area contributed by atoms with Gasteiger partial charge in [0.15, 0.2) is 0 Å². The van der Waals surface area contributed by atoms with E-state index in [2.05, 4.69) is 46.3 Å². The Morgan fingerprint density at radius 3 is 2.27 bits per heavy atom. The smallest absolute Gasteiger partial charge is 0.246 e. The van der Waals surface area contributed by atoms with E-state index in [4.69, 9.17) is 4.74 Å². The minimum atomic E-state index is -0.0830. The van der Waals surface area contributed by atoms with Gasteiger partial charge >= 0.3 is 0 Å². The Labute approximate surface area is 133 Å². The zero-order valence-corrected chi connectivity index (χ0v) is 13.7. The fourth-order valence-electron chi connectivity index (χ4n) is 2.67. The lowest BCUT2D eigenvalue weighted by atomic mass is 10.1. The molecule has 1 saturated heterocycles. The van der Waals surface area contributed by atoms with Crippen molar-refractivity contribution in [3.05, 3.63) is 35.4 Å². The summed E-state index contributed by atoms with van der Waals surface area (Å²) in [5.41, 5.74) is 2.45. The normalized spacial score (nSPS) is 16.6. The van der Waals surface area contributed by atoms with Gasteiger partial charge in [0.25, 0.3) is 0 Å². The van der Waals surface area contributed by atoms with E-state index in [0.717, 1.165) is 31.7 Å². The van der Waals surface area contributed by atoms with Crippen LogP contribution in [0.3, 0.4) is 0 Å². The van der Waals surface area contributed by atoms with Gasteiger partial charge in [0.1, 0.15) is 6.61 Å². The Kier molecular flexibility index (Phi) is 6.83. The van der Waals surface area contributed by atoms with Crippen LogP contribution < -0.4 is 5.32 Å². The average molecular weight is 305 g/mol. The molecule has 0 saturated carbocycles. The third kappa shape index (κ3) is 5.40. The molecule has 5 nitrogen and oxygen atoms in total. The van der Waals surface area contributed by atoms with Crippen LogP contribution in [0.25, 0.3) is 0 Å². The van der Waals surface area contributed by atoms with E-state index in [1.54, 1.807) is 0 Å². The van der Waals surface area contributed by atoms with Crippen LogP contribution in [0.15, 0.2) is 24.3 Å². The molecule has 1 aliphatic rings. The van der Waals surface area contributed by atoms with Gasteiger partial charge in [0, 0.05) is 46.4 Å². The van der Waals surface area contributed by atoms with Crippen LogP contribution in [-0.4, -0.2) is 62.1 Å². The Bertz CT molecular complexity index is 453. The van der Waals surface area contributed by atoms with Crippen molar-refractivity contribution in [2.24, 2.45) is 0 Å². The lowest BCUT2D eigenvalue weighted by Crippen LogP contribution is -2.45. The van der Waals surface area contributed by atoms with Crippen LogP contribution in [0.2, 0.25) is 0 Å². The van der Waals surface area contributed by atoms with E-state index >= 15 is 0 Å². The number of piperazine rings is 1. The molecule has 1 amide bonds. The molecule has 22 heavy (non-hydrogen) atoms. The average Bonchev–Trinajstić information content (AvgIpc) is 2.55. The van der Waals surface area contributed by atoms with Gasteiger partial charge in [-0.2, -0.15) is 0 Å². The van der Waals surface area contributed by atoms with Crippen LogP contribution in [0.1, 0.15) is 18.1 Å². The molecule has 0 atom stereocenters. The Hall–Kier alpha value is -1.43. The first-order valence-corrected chi connectivity index (χ1v) is 7.99. The molecule has 1 aromatic rings. The second-order valence-corrected chi connectivity index (χ2v) is 5.74. The van der Waals surface area contributed by atoms with Crippen LogP contribution in [0.4, 0.5) is 0 Å². The molecule has 0 spiro atoms. The number of rotatable bonds is 7. The molecule has 0 aliphatic carbocycles. The number of methoxy groups -OCH3 is 1. The first-order valence-electron chi connectivity index (χ1n) is 7.99. The molecule has 0 unspecified atom stereocenters. The van der Waals surface area contributed by atoms with Crippen molar-refractivity contribution in [1.82, 2.24) is 15.1 Å². The number of amides is 1. The quantitative estimate of drug-likeness (QED) is 0.819. The number of ether oxygens (including phenoxy) is 1. The van der Waals surface area contributed by atoms with Crippen molar-refractivity contribution >= 4 is 5.91 Å². The monoisotopic (exact) mass is 305 g/mol. The molecule has 0 aromatic heterocycles. The van der Waals surface area contributed by atoms with E-state index in [1.165, 1.54) is 25.8 Å². The Morgan fingerprint density at radius 1 is 1.09 bits per heavy atom. The second-order valence-electron chi connectivity index (χ2n) is 5.74. The summed E-state index contributed by atoms with van der Waals surface area (Å²) in [5.74, 6) is -0.0830. The topological polar surface area (TPSA) is 44.8 Å². The number of nitrogens with one attached hydrogen (secondary N) is 1. The SMILES string of the molecule is CCN1CCN(Cc2ccc(CNC(=O)COC)cc2)CC1. The predicted molar refractivity (Wildman–Crippen MR) is 87.6 cm³/mol. The highest BCUT2D eigenvalue weighted by molar-refractivity contribution is 5.77. The van der Waals surface area contributed by atoms with Gasteiger partial charge in [-0.15, -0.1) is 0 Å². The Morgan fingerprint density at radius 2 is 1.68 bits per heavy atom. The van der Waals surface area contributed by atoms with Gasteiger partial charge in [-0.25, -0.2) is 0 Å². The number of carbonyl (C=O) groups is 1. The third-order valence-corrected chi connectivity index (χ3v) is 4.11. The molecule has 1 fully saturated rings. The largest absolute Gasteiger partial charge is 0.375 e. The van der Waals surface area contributed by atoms with Gasteiger partial charge in [-0.1, -0.05) is 31.2 Å². The molecule has 1 aromatic carbocycles. The van der Waals surface area contributed by atoms with Crippen LogP contribution in [-0.2, 0) is 22.6 Å². The molecule has 0 bridgehead atoms. The lowest BCUT2D eigenvalue weighted by Gasteiger charge is -2.34. The molecule has 122 valence electrons. The highest BCUT2D eigenvalue weighted by atomic mass is 16.5. The van der Waals surface area contributed by atoms with Crippen molar-refractivity contribution in [1.29, 1.82) is 0 Å². The van der Waals surface area contributed by atoms with E-state index < -0.39 is 0 Å². The maximum atomic E-state index is 11.4. The molecule has 1 heterocycles. The maximum Gasteiger partial charge on any atom is 0.246 e. The molecule has 5 heteroatoms. The van der Waals surface area contributed by atoms with Gasteiger partial charge in [0.05, 0.1) is 0 Å². The summed E-state index contributed by atoms with van der Waals surface area (Å²) in [6.45, 7) is 9.66. The highest BCUT2D eigenvalue weighted by Gasteiger charge is 2.15. The van der Waals surface area contributed by atoms with Crippen molar-refractivity contribution in [3.63, 3.8) is 0 Å². The number of hydrogen-bond donors (Lipinski definition) is 1. The summed E-state index contributed by atoms with van der Waals surface area (Å²) in [7, 11) is 1.52. The van der Waals surface area contributed by atoms with E-state index in [9.17, 15) is 4.79 Å². The number of carbonyl (C=O) groups excluding carboxylic acids is 1. The summed E-state index contributed by atoms with van der Waals surface area (Å²) >= 11 is 0. The fraction of sp³-hybridized carbons (Fsp3) is 0.588. The summed E-state index contributed by atoms with van der Waals surface area (Å²) in [6, 6.07) is 8.49. The fourth-order valence-corrected chi connectivity index (χ4v) is 2.67. The standard InChI is InChI=1S/C17H27N3O2/c1-3-19-8-10-20(11-9-19)13-16-6-4-15(5-7-16)12-18-17(21)14-22-2/h4-7H,3,8-14H2,1-2H3,(H,18,21). The van der Waals surface area contributed by atoms with E-state index in [-0.39, 0.29) is 12.5 Å². The van der Waals surface area contributed by atoms with Crippen LogP contribution >= 0.6 is 0 Å². The number of likely N-dealkylation sites (N-methyl/N-ethyl adjacent to an activating group) is 1. The number of nitrogens with zero attached hydrogens (tertiary/aromatic N) is 2. The lowest BCUT2D eigenvalue weighted by molar-refractivity contribution is -0.124. The third-order valence-electron chi connectivity index (χ3n) is 4.11. The van der Waals surface area contributed by atoms with E-state index in [1.807, 2.05) is 0 Å². The second kappa shape index (κ2) is 8.88. The first-order chi connectivity index (χ1) is 10.7. The molecular weight excluding hydrogens is 278 g/mol. The van der Waals surface area contributed by atoms with Gasteiger partial charge in [-0.3, -0.25) is 9.69 Å². The summed E-state index contributed by atoms with van der Waals surface area (Å²) in [5, 5.41) is 2.83. The van der Waals surface area contributed by atoms with E-state index in [0.29, 0.717) is 6.54 Å². The first kappa shape index (κ1) is 16.9. The highest BCUT2D eigenvalue weighted by Crippen LogP contribution is 2.10. The Balaban J connectivity index is 1.76. The summed E-state index contributed by atoms with van der Waals surface area (Å²) in [6.07, 6.45) is 0. The molecule has 0 radical (unpaired) electrons. The molecule has 1 N–H and O–H groups in total. The van der Waals surface area contributed by atoms with Crippen molar-refractivity contribution in [2.75, 3.05) is 46.4 Å². The van der Waals surface area contributed by atoms with Crippen molar-refractivity contribution in [3.8, 4) is 0 Å². The van der Waals surface area contributed by atoms with Crippen LogP contribution in [0, 0.1) is 0 Å². The molecular formula is C17H27N3O2.